The fourth-order valence-electron chi connectivity index (χ4n) is 1.13. The number of nitro groups is 1. The van der Waals surface area contributed by atoms with Crippen LogP contribution in [-0.2, 0) is 0 Å². The number of hydrogen-bond acceptors (Lipinski definition) is 4. The lowest BCUT2D eigenvalue weighted by Crippen LogP contribution is -2.06. The normalized spacial score (nSPS) is 10.0. The molecule has 15 heavy (non-hydrogen) atoms. The number of para-hydroxylation sites is 1. The van der Waals surface area contributed by atoms with E-state index < -0.39 is 4.92 Å². The molecule has 0 spiro atoms. The summed E-state index contributed by atoms with van der Waals surface area (Å²) >= 11 is 5.82. The highest BCUT2D eigenvalue weighted by Gasteiger charge is 2.15. The van der Waals surface area contributed by atoms with Crippen LogP contribution in [0.4, 0.5) is 11.4 Å². The second kappa shape index (κ2) is 5.53. The molecule has 0 amide bonds. The molecular formula is C9H11ClN2O3. The van der Waals surface area contributed by atoms with Crippen molar-refractivity contribution >= 4 is 23.0 Å². The zero-order chi connectivity index (χ0) is 11.3. The van der Waals surface area contributed by atoms with Crippen molar-refractivity contribution in [1.29, 1.82) is 0 Å². The largest absolute Gasteiger partial charge is 0.396 e. The molecular weight excluding hydrogens is 220 g/mol. The van der Waals surface area contributed by atoms with Gasteiger partial charge in [-0.2, -0.15) is 0 Å². The fraction of sp³-hybridized carbons (Fsp3) is 0.333. The summed E-state index contributed by atoms with van der Waals surface area (Å²) in [6.07, 6.45) is 0.516. The van der Waals surface area contributed by atoms with Gasteiger partial charge in [0.15, 0.2) is 0 Å². The first-order chi connectivity index (χ1) is 7.16. The molecule has 0 unspecified atom stereocenters. The number of anilines is 1. The third-order valence-electron chi connectivity index (χ3n) is 1.82. The molecule has 1 aromatic rings. The summed E-state index contributed by atoms with van der Waals surface area (Å²) < 4.78 is 0. The average molecular weight is 231 g/mol. The van der Waals surface area contributed by atoms with Crippen molar-refractivity contribution in [2.45, 2.75) is 6.42 Å². The monoisotopic (exact) mass is 230 g/mol. The van der Waals surface area contributed by atoms with Crippen molar-refractivity contribution in [1.82, 2.24) is 0 Å². The summed E-state index contributed by atoms with van der Waals surface area (Å²) in [6, 6.07) is 4.49. The van der Waals surface area contributed by atoms with E-state index in [4.69, 9.17) is 16.7 Å². The van der Waals surface area contributed by atoms with E-state index in [-0.39, 0.29) is 12.3 Å². The SMILES string of the molecule is O=[N+]([O-])c1cccc(Cl)c1NCCCO. The molecule has 82 valence electrons. The third kappa shape index (κ3) is 3.07. The van der Waals surface area contributed by atoms with Crippen LogP contribution in [0.5, 0.6) is 0 Å². The molecule has 6 heteroatoms. The van der Waals surface area contributed by atoms with Crippen LogP contribution in [0.15, 0.2) is 18.2 Å². The van der Waals surface area contributed by atoms with E-state index in [1.54, 1.807) is 6.07 Å². The first-order valence-corrected chi connectivity index (χ1v) is 4.82. The first kappa shape index (κ1) is 11.7. The Balaban J connectivity index is 2.87. The molecule has 0 saturated carbocycles. The van der Waals surface area contributed by atoms with Gasteiger partial charge < -0.3 is 10.4 Å². The minimum atomic E-state index is -0.493. The van der Waals surface area contributed by atoms with Crippen molar-refractivity contribution in [3.63, 3.8) is 0 Å². The number of nitrogens with one attached hydrogen (secondary N) is 1. The molecule has 0 aliphatic rings. The lowest BCUT2D eigenvalue weighted by atomic mass is 10.2. The van der Waals surface area contributed by atoms with E-state index in [2.05, 4.69) is 5.32 Å². The number of aliphatic hydroxyl groups excluding tert-OH is 1. The topological polar surface area (TPSA) is 75.4 Å². The number of aliphatic hydroxyl groups is 1. The van der Waals surface area contributed by atoms with Crippen molar-refractivity contribution in [2.24, 2.45) is 0 Å². The Hall–Kier alpha value is -1.33. The number of rotatable bonds is 5. The molecule has 0 atom stereocenters. The number of nitro benzene ring substituents is 1. The molecule has 1 rings (SSSR count). The highest BCUT2D eigenvalue weighted by Crippen LogP contribution is 2.31. The minimum Gasteiger partial charge on any atom is -0.396 e. The van der Waals surface area contributed by atoms with E-state index >= 15 is 0 Å². The summed E-state index contributed by atoms with van der Waals surface area (Å²) in [5.41, 5.74) is 0.248. The highest BCUT2D eigenvalue weighted by atomic mass is 35.5. The Kier molecular flexibility index (Phi) is 4.33. The van der Waals surface area contributed by atoms with Gasteiger partial charge in [0.25, 0.3) is 5.69 Å². The van der Waals surface area contributed by atoms with Crippen molar-refractivity contribution in [3.8, 4) is 0 Å². The summed E-state index contributed by atoms with van der Waals surface area (Å²) in [4.78, 5) is 10.2. The third-order valence-corrected chi connectivity index (χ3v) is 2.14. The van der Waals surface area contributed by atoms with Gasteiger partial charge in [-0.25, -0.2) is 0 Å². The van der Waals surface area contributed by atoms with Gasteiger partial charge in [0.1, 0.15) is 5.69 Å². The fourth-order valence-corrected chi connectivity index (χ4v) is 1.37. The summed E-state index contributed by atoms with van der Waals surface area (Å²) in [5, 5.41) is 22.4. The Bertz CT molecular complexity index is 357. The van der Waals surface area contributed by atoms with E-state index in [1.165, 1.54) is 12.1 Å². The maximum Gasteiger partial charge on any atom is 0.293 e. The number of hydrogen-bond donors (Lipinski definition) is 2. The summed E-state index contributed by atoms with van der Waals surface area (Å²) in [6.45, 7) is 0.478. The quantitative estimate of drug-likeness (QED) is 0.461. The van der Waals surface area contributed by atoms with Crippen LogP contribution >= 0.6 is 11.6 Å². The van der Waals surface area contributed by atoms with Crippen LogP contribution in [0, 0.1) is 10.1 Å². The second-order valence-corrected chi connectivity index (χ2v) is 3.30. The molecule has 0 aliphatic carbocycles. The lowest BCUT2D eigenvalue weighted by molar-refractivity contribution is -0.383. The van der Waals surface area contributed by atoms with Crippen LogP contribution in [0.3, 0.4) is 0 Å². The average Bonchev–Trinajstić information content (AvgIpc) is 2.20. The van der Waals surface area contributed by atoms with E-state index in [1.807, 2.05) is 0 Å². The van der Waals surface area contributed by atoms with Gasteiger partial charge in [-0.15, -0.1) is 0 Å². The Labute approximate surface area is 91.8 Å². The Morgan fingerprint density at radius 1 is 1.53 bits per heavy atom. The number of halogens is 1. The molecule has 0 fully saturated rings. The van der Waals surface area contributed by atoms with E-state index in [0.717, 1.165) is 0 Å². The predicted molar refractivity (Wildman–Crippen MR) is 58.3 cm³/mol. The maximum absolute atomic E-state index is 10.7. The van der Waals surface area contributed by atoms with Crippen LogP contribution in [0.25, 0.3) is 0 Å². The molecule has 2 N–H and O–H groups in total. The Morgan fingerprint density at radius 3 is 2.87 bits per heavy atom. The van der Waals surface area contributed by atoms with Crippen LogP contribution in [0.2, 0.25) is 5.02 Å². The molecule has 0 aromatic heterocycles. The molecule has 0 aliphatic heterocycles. The van der Waals surface area contributed by atoms with Gasteiger partial charge in [0.2, 0.25) is 0 Å². The molecule has 0 radical (unpaired) electrons. The molecule has 1 aromatic carbocycles. The smallest absolute Gasteiger partial charge is 0.293 e. The lowest BCUT2D eigenvalue weighted by Gasteiger charge is -2.07. The van der Waals surface area contributed by atoms with Gasteiger partial charge in [0, 0.05) is 19.2 Å². The van der Waals surface area contributed by atoms with Crippen LogP contribution in [0.1, 0.15) is 6.42 Å². The van der Waals surface area contributed by atoms with Gasteiger partial charge in [-0.05, 0) is 12.5 Å². The van der Waals surface area contributed by atoms with E-state index in [9.17, 15) is 10.1 Å². The Morgan fingerprint density at radius 2 is 2.27 bits per heavy atom. The number of nitrogens with zero attached hydrogens (tertiary/aromatic N) is 1. The molecule has 0 saturated heterocycles. The summed E-state index contributed by atoms with van der Waals surface area (Å²) in [7, 11) is 0. The summed E-state index contributed by atoms with van der Waals surface area (Å²) in [5.74, 6) is 0. The van der Waals surface area contributed by atoms with E-state index in [0.29, 0.717) is 23.7 Å². The van der Waals surface area contributed by atoms with Crippen LogP contribution < -0.4 is 5.32 Å². The molecule has 0 heterocycles. The standard InChI is InChI=1S/C9H11ClN2O3/c10-7-3-1-4-8(12(14)15)9(7)11-5-2-6-13/h1,3-4,11,13H,2,5-6H2. The van der Waals surface area contributed by atoms with Gasteiger partial charge in [-0.3, -0.25) is 10.1 Å². The number of benzene rings is 1. The molecule has 0 bridgehead atoms. The van der Waals surface area contributed by atoms with Crippen molar-refractivity contribution in [2.75, 3.05) is 18.5 Å². The maximum atomic E-state index is 10.7. The van der Waals surface area contributed by atoms with Gasteiger partial charge in [0.05, 0.1) is 9.95 Å². The molecule has 5 nitrogen and oxygen atoms in total. The highest BCUT2D eigenvalue weighted by molar-refractivity contribution is 6.33. The van der Waals surface area contributed by atoms with Gasteiger partial charge in [-0.1, -0.05) is 17.7 Å². The first-order valence-electron chi connectivity index (χ1n) is 4.44. The second-order valence-electron chi connectivity index (χ2n) is 2.90. The predicted octanol–water partition coefficient (Wildman–Crippen LogP) is 2.04. The van der Waals surface area contributed by atoms with Crippen molar-refractivity contribution in [3.05, 3.63) is 33.3 Å². The minimum absolute atomic E-state index is 0.0330. The zero-order valence-electron chi connectivity index (χ0n) is 7.94. The van der Waals surface area contributed by atoms with Crippen molar-refractivity contribution < 1.29 is 10.0 Å². The van der Waals surface area contributed by atoms with Gasteiger partial charge >= 0.3 is 0 Å². The zero-order valence-corrected chi connectivity index (χ0v) is 8.70. The van der Waals surface area contributed by atoms with Crippen LogP contribution in [-0.4, -0.2) is 23.2 Å².